The van der Waals surface area contributed by atoms with Crippen molar-refractivity contribution < 1.29 is 9.26 Å². The molecule has 1 aliphatic heterocycles. The van der Waals surface area contributed by atoms with Crippen LogP contribution in [0.15, 0.2) is 28.8 Å². The Labute approximate surface area is 134 Å². The molecule has 6 heteroatoms. The first-order chi connectivity index (χ1) is 10.8. The molecule has 2 atom stereocenters. The van der Waals surface area contributed by atoms with Gasteiger partial charge in [-0.2, -0.15) is 16.7 Å². The molecule has 1 N–H and O–H groups in total. The lowest BCUT2D eigenvalue weighted by Gasteiger charge is -2.27. The Balaban J connectivity index is 1.91. The zero-order valence-corrected chi connectivity index (χ0v) is 13.7. The summed E-state index contributed by atoms with van der Waals surface area (Å²) in [7, 11) is 1.69. The zero-order valence-electron chi connectivity index (χ0n) is 12.9. The Bertz CT molecular complexity index is 611. The number of para-hydroxylation sites is 1. The molecule has 0 spiro atoms. The smallest absolute Gasteiger partial charge is 0.223 e. The molecular formula is C16H21N3O2S. The third-order valence-corrected chi connectivity index (χ3v) is 5.03. The van der Waals surface area contributed by atoms with Gasteiger partial charge in [-0.3, -0.25) is 5.32 Å². The molecule has 0 amide bonds. The molecule has 2 aromatic rings. The molecule has 0 bridgehead atoms. The van der Waals surface area contributed by atoms with Gasteiger partial charge in [0.15, 0.2) is 5.82 Å². The summed E-state index contributed by atoms with van der Waals surface area (Å²) in [5.41, 5.74) is 1.04. The van der Waals surface area contributed by atoms with Crippen molar-refractivity contribution in [1.82, 2.24) is 15.5 Å². The van der Waals surface area contributed by atoms with E-state index in [1.165, 1.54) is 18.6 Å². The van der Waals surface area contributed by atoms with Crippen LogP contribution in [0, 0.1) is 6.92 Å². The molecule has 3 rings (SSSR count). The molecule has 118 valence electrons. The Kier molecular flexibility index (Phi) is 5.00. The number of thioether (sulfide) groups is 1. The fourth-order valence-electron chi connectivity index (χ4n) is 2.75. The Morgan fingerprint density at radius 3 is 2.95 bits per heavy atom. The minimum atomic E-state index is -0.114. The van der Waals surface area contributed by atoms with Gasteiger partial charge in [-0.05, 0) is 24.7 Å². The van der Waals surface area contributed by atoms with Gasteiger partial charge < -0.3 is 9.26 Å². The second-order valence-corrected chi connectivity index (χ2v) is 6.58. The maximum atomic E-state index is 5.51. The molecule has 0 radical (unpaired) electrons. The minimum absolute atomic E-state index is 0.114. The number of methoxy groups -OCH3 is 1. The third kappa shape index (κ3) is 3.44. The summed E-state index contributed by atoms with van der Waals surface area (Å²) < 4.78 is 10.7. The number of hydrogen-bond acceptors (Lipinski definition) is 6. The van der Waals surface area contributed by atoms with Crippen LogP contribution in [0.1, 0.15) is 36.2 Å². The highest BCUT2D eigenvalue weighted by atomic mass is 32.2. The molecule has 1 saturated heterocycles. The largest absolute Gasteiger partial charge is 0.496 e. The highest BCUT2D eigenvalue weighted by Crippen LogP contribution is 2.30. The first kappa shape index (κ1) is 15.4. The molecular weight excluding hydrogens is 298 g/mol. The average Bonchev–Trinajstić information content (AvgIpc) is 3.00. The van der Waals surface area contributed by atoms with Crippen LogP contribution in [-0.2, 0) is 0 Å². The number of ether oxygens (including phenoxy) is 1. The van der Waals surface area contributed by atoms with Gasteiger partial charge in [-0.1, -0.05) is 23.4 Å². The van der Waals surface area contributed by atoms with E-state index in [2.05, 4.69) is 21.5 Å². The molecule has 1 aliphatic rings. The van der Waals surface area contributed by atoms with Gasteiger partial charge in [0.25, 0.3) is 0 Å². The molecule has 1 aromatic heterocycles. The fraction of sp³-hybridized carbons (Fsp3) is 0.500. The van der Waals surface area contributed by atoms with Gasteiger partial charge >= 0.3 is 0 Å². The molecule has 1 aromatic carbocycles. The van der Waals surface area contributed by atoms with E-state index < -0.39 is 0 Å². The van der Waals surface area contributed by atoms with Crippen molar-refractivity contribution in [3.63, 3.8) is 0 Å². The summed E-state index contributed by atoms with van der Waals surface area (Å²) in [5, 5.41) is 7.81. The van der Waals surface area contributed by atoms with Crippen LogP contribution in [0.2, 0.25) is 0 Å². The topological polar surface area (TPSA) is 60.2 Å². The standard InChI is InChI=1S/C16H21N3O2S/c1-11-17-16(19-21-11)15(18-12-6-5-9-22-10-12)13-7-3-4-8-14(13)20-2/h3-4,7-8,12,15,18H,5-6,9-10H2,1-2H3/t12-,15+/m0/s1. The van der Waals surface area contributed by atoms with Crippen molar-refractivity contribution in [2.24, 2.45) is 0 Å². The quantitative estimate of drug-likeness (QED) is 0.914. The van der Waals surface area contributed by atoms with Gasteiger partial charge in [0.05, 0.1) is 7.11 Å². The highest BCUT2D eigenvalue weighted by Gasteiger charge is 2.26. The SMILES string of the molecule is COc1ccccc1[C@@H](N[C@H]1CCCSC1)c1noc(C)n1. The van der Waals surface area contributed by atoms with Gasteiger partial charge in [-0.15, -0.1) is 0 Å². The number of aromatic nitrogens is 2. The molecule has 22 heavy (non-hydrogen) atoms. The fourth-order valence-corrected chi connectivity index (χ4v) is 3.83. The van der Waals surface area contributed by atoms with Crippen LogP contribution in [0.3, 0.4) is 0 Å². The summed E-state index contributed by atoms with van der Waals surface area (Å²) in [6.45, 7) is 1.81. The lowest BCUT2D eigenvalue weighted by Crippen LogP contribution is -2.37. The van der Waals surface area contributed by atoms with Crippen molar-refractivity contribution in [2.45, 2.75) is 31.8 Å². The van der Waals surface area contributed by atoms with Crippen LogP contribution < -0.4 is 10.1 Å². The number of nitrogens with one attached hydrogen (secondary N) is 1. The number of nitrogens with zero attached hydrogens (tertiary/aromatic N) is 2. The van der Waals surface area contributed by atoms with Crippen LogP contribution in [0.25, 0.3) is 0 Å². The first-order valence-electron chi connectivity index (χ1n) is 7.55. The van der Waals surface area contributed by atoms with Crippen LogP contribution in [-0.4, -0.2) is 34.8 Å². The lowest BCUT2D eigenvalue weighted by atomic mass is 10.0. The Hall–Kier alpha value is -1.53. The molecule has 0 unspecified atom stereocenters. The monoisotopic (exact) mass is 319 g/mol. The van der Waals surface area contributed by atoms with Gasteiger partial charge in [0, 0.05) is 24.3 Å². The lowest BCUT2D eigenvalue weighted by molar-refractivity contribution is 0.369. The third-order valence-electron chi connectivity index (χ3n) is 3.81. The van der Waals surface area contributed by atoms with Crippen molar-refractivity contribution >= 4 is 11.8 Å². The van der Waals surface area contributed by atoms with E-state index >= 15 is 0 Å². The summed E-state index contributed by atoms with van der Waals surface area (Å²) in [5.74, 6) is 4.44. The normalized spacial score (nSPS) is 19.8. The number of aryl methyl sites for hydroxylation is 1. The number of hydrogen-bond donors (Lipinski definition) is 1. The molecule has 0 saturated carbocycles. The predicted octanol–water partition coefficient (Wildman–Crippen LogP) is 2.96. The van der Waals surface area contributed by atoms with E-state index in [0.29, 0.717) is 17.8 Å². The molecule has 5 nitrogen and oxygen atoms in total. The van der Waals surface area contributed by atoms with E-state index in [4.69, 9.17) is 9.26 Å². The van der Waals surface area contributed by atoms with Crippen LogP contribution >= 0.6 is 11.8 Å². The Morgan fingerprint density at radius 2 is 2.27 bits per heavy atom. The second kappa shape index (κ2) is 7.15. The Morgan fingerprint density at radius 1 is 1.41 bits per heavy atom. The van der Waals surface area contributed by atoms with E-state index in [1.807, 2.05) is 36.9 Å². The summed E-state index contributed by atoms with van der Waals surface area (Å²) in [6, 6.07) is 8.33. The van der Waals surface area contributed by atoms with Gasteiger partial charge in [-0.25, -0.2) is 0 Å². The summed E-state index contributed by atoms with van der Waals surface area (Å²) in [6.07, 6.45) is 2.42. The number of rotatable bonds is 5. The minimum Gasteiger partial charge on any atom is -0.496 e. The molecule has 2 heterocycles. The summed E-state index contributed by atoms with van der Waals surface area (Å²) in [4.78, 5) is 4.43. The van der Waals surface area contributed by atoms with Crippen molar-refractivity contribution in [2.75, 3.05) is 18.6 Å². The number of benzene rings is 1. The van der Waals surface area contributed by atoms with Crippen molar-refractivity contribution in [3.05, 3.63) is 41.5 Å². The van der Waals surface area contributed by atoms with Crippen LogP contribution in [0.4, 0.5) is 0 Å². The molecule has 0 aliphatic carbocycles. The zero-order chi connectivity index (χ0) is 15.4. The maximum absolute atomic E-state index is 5.51. The van der Waals surface area contributed by atoms with E-state index in [-0.39, 0.29) is 6.04 Å². The van der Waals surface area contributed by atoms with E-state index in [9.17, 15) is 0 Å². The molecule has 1 fully saturated rings. The second-order valence-electron chi connectivity index (χ2n) is 5.43. The van der Waals surface area contributed by atoms with E-state index in [0.717, 1.165) is 17.1 Å². The van der Waals surface area contributed by atoms with Crippen molar-refractivity contribution in [3.8, 4) is 5.75 Å². The van der Waals surface area contributed by atoms with Gasteiger partial charge in [0.1, 0.15) is 11.8 Å². The first-order valence-corrected chi connectivity index (χ1v) is 8.70. The maximum Gasteiger partial charge on any atom is 0.223 e. The summed E-state index contributed by atoms with van der Waals surface area (Å²) >= 11 is 1.99. The average molecular weight is 319 g/mol. The van der Waals surface area contributed by atoms with Gasteiger partial charge in [0.2, 0.25) is 5.89 Å². The van der Waals surface area contributed by atoms with E-state index in [1.54, 1.807) is 7.11 Å². The predicted molar refractivity (Wildman–Crippen MR) is 87.4 cm³/mol. The van der Waals surface area contributed by atoms with Crippen LogP contribution in [0.5, 0.6) is 5.75 Å². The highest BCUT2D eigenvalue weighted by molar-refractivity contribution is 7.99. The van der Waals surface area contributed by atoms with Crippen molar-refractivity contribution in [1.29, 1.82) is 0 Å².